The SMILES string of the molecule is CCCCCCCl.[Mg+2]. The van der Waals surface area contributed by atoms with E-state index in [9.17, 15) is 0 Å². The fourth-order valence-corrected chi connectivity index (χ4v) is 0.710. The maximum Gasteiger partial charge on any atom is 2.00 e. The molecule has 44 valence electrons. The van der Waals surface area contributed by atoms with Crippen molar-refractivity contribution in [3.05, 3.63) is 0 Å². The van der Waals surface area contributed by atoms with Crippen LogP contribution in [0.1, 0.15) is 32.6 Å². The average molecular weight is 145 g/mol. The first-order valence-corrected chi connectivity index (χ1v) is 3.51. The molecule has 0 amide bonds. The predicted octanol–water partition coefficient (Wildman–Crippen LogP) is 2.42. The first-order valence-electron chi connectivity index (χ1n) is 2.97. The summed E-state index contributed by atoms with van der Waals surface area (Å²) in [5, 5.41) is 0. The van der Waals surface area contributed by atoms with E-state index in [0.29, 0.717) is 0 Å². The second-order valence-corrected chi connectivity index (χ2v) is 2.13. The van der Waals surface area contributed by atoms with Gasteiger partial charge in [0, 0.05) is 5.88 Å². The van der Waals surface area contributed by atoms with Gasteiger partial charge in [-0.1, -0.05) is 26.2 Å². The van der Waals surface area contributed by atoms with Crippen LogP contribution in [-0.4, -0.2) is 28.9 Å². The molecule has 0 atom stereocenters. The molecule has 0 saturated heterocycles. The number of unbranched alkanes of at least 4 members (excludes halogenated alkanes) is 3. The molecular formula is C6H13ClMg+2. The van der Waals surface area contributed by atoms with Gasteiger partial charge in [0.15, 0.2) is 0 Å². The van der Waals surface area contributed by atoms with Gasteiger partial charge in [-0.05, 0) is 6.42 Å². The van der Waals surface area contributed by atoms with Crippen LogP contribution in [-0.2, 0) is 0 Å². The molecule has 0 unspecified atom stereocenters. The quantitative estimate of drug-likeness (QED) is 0.323. The van der Waals surface area contributed by atoms with Crippen LogP contribution in [0.2, 0.25) is 0 Å². The summed E-state index contributed by atoms with van der Waals surface area (Å²) < 4.78 is 0. The van der Waals surface area contributed by atoms with Gasteiger partial charge in [0.1, 0.15) is 0 Å². The van der Waals surface area contributed by atoms with Crippen molar-refractivity contribution in [2.45, 2.75) is 32.6 Å². The summed E-state index contributed by atoms with van der Waals surface area (Å²) in [5.74, 6) is 0.833. The summed E-state index contributed by atoms with van der Waals surface area (Å²) in [5.41, 5.74) is 0. The molecule has 0 spiro atoms. The summed E-state index contributed by atoms with van der Waals surface area (Å²) in [6, 6.07) is 0. The summed E-state index contributed by atoms with van der Waals surface area (Å²) in [6.07, 6.45) is 5.14. The number of halogens is 1. The fourth-order valence-electron chi connectivity index (χ4n) is 0.521. The van der Waals surface area contributed by atoms with Crippen LogP contribution in [0.4, 0.5) is 0 Å². The van der Waals surface area contributed by atoms with Gasteiger partial charge in [0.05, 0.1) is 0 Å². The van der Waals surface area contributed by atoms with Crippen LogP contribution in [0.25, 0.3) is 0 Å². The maximum atomic E-state index is 5.44. The van der Waals surface area contributed by atoms with E-state index in [4.69, 9.17) is 11.6 Å². The molecule has 0 saturated carbocycles. The number of rotatable bonds is 4. The van der Waals surface area contributed by atoms with Gasteiger partial charge in [0.25, 0.3) is 0 Å². The van der Waals surface area contributed by atoms with Gasteiger partial charge < -0.3 is 0 Å². The maximum absolute atomic E-state index is 5.44. The summed E-state index contributed by atoms with van der Waals surface area (Å²) in [6.45, 7) is 2.20. The minimum Gasteiger partial charge on any atom is -0.127 e. The molecule has 0 aromatic heterocycles. The zero-order valence-electron chi connectivity index (χ0n) is 5.62. The molecule has 0 aliphatic rings. The third-order valence-electron chi connectivity index (χ3n) is 0.987. The van der Waals surface area contributed by atoms with Crippen LogP contribution in [0.15, 0.2) is 0 Å². The van der Waals surface area contributed by atoms with Crippen molar-refractivity contribution in [2.24, 2.45) is 0 Å². The van der Waals surface area contributed by atoms with Crippen molar-refractivity contribution >= 4 is 34.7 Å². The number of hydrogen-bond acceptors (Lipinski definition) is 0. The Hall–Kier alpha value is 1.06. The van der Waals surface area contributed by atoms with Gasteiger partial charge in [-0.15, -0.1) is 11.6 Å². The van der Waals surface area contributed by atoms with Crippen LogP contribution < -0.4 is 0 Å². The Morgan fingerprint density at radius 2 is 1.75 bits per heavy atom. The van der Waals surface area contributed by atoms with Crippen molar-refractivity contribution in [3.8, 4) is 0 Å². The summed E-state index contributed by atoms with van der Waals surface area (Å²) in [4.78, 5) is 0. The van der Waals surface area contributed by atoms with Gasteiger partial charge in [-0.2, -0.15) is 0 Å². The molecule has 0 nitrogen and oxygen atoms in total. The topological polar surface area (TPSA) is 0 Å². The molecule has 2 heteroatoms. The average Bonchev–Trinajstić information content (AvgIpc) is 1.69. The van der Waals surface area contributed by atoms with Crippen LogP contribution in [0.5, 0.6) is 0 Å². The Kier molecular flexibility index (Phi) is 16.1. The van der Waals surface area contributed by atoms with E-state index >= 15 is 0 Å². The second kappa shape index (κ2) is 10.9. The molecule has 0 aliphatic heterocycles. The molecule has 0 aromatic rings. The third-order valence-corrected chi connectivity index (χ3v) is 1.25. The summed E-state index contributed by atoms with van der Waals surface area (Å²) >= 11 is 5.44. The Labute approximate surface area is 73.1 Å². The van der Waals surface area contributed by atoms with Crippen LogP contribution in [0.3, 0.4) is 0 Å². The minimum atomic E-state index is 0. The largest absolute Gasteiger partial charge is 2.00 e. The van der Waals surface area contributed by atoms with E-state index in [-0.39, 0.29) is 23.1 Å². The van der Waals surface area contributed by atoms with Crippen molar-refractivity contribution in [2.75, 3.05) is 5.88 Å². The predicted molar refractivity (Wildman–Crippen MR) is 40.6 cm³/mol. The van der Waals surface area contributed by atoms with Crippen molar-refractivity contribution in [1.82, 2.24) is 0 Å². The zero-order valence-corrected chi connectivity index (χ0v) is 7.79. The third kappa shape index (κ3) is 10.1. The standard InChI is InChI=1S/C6H13Cl.Mg/c1-2-3-4-5-6-7;/h2-6H2,1H3;/q;+2. The molecule has 0 rings (SSSR count). The van der Waals surface area contributed by atoms with E-state index in [1.165, 1.54) is 25.7 Å². The Balaban J connectivity index is 0. The van der Waals surface area contributed by atoms with Crippen LogP contribution >= 0.6 is 11.6 Å². The van der Waals surface area contributed by atoms with Gasteiger partial charge in [0.2, 0.25) is 0 Å². The summed E-state index contributed by atoms with van der Waals surface area (Å²) in [7, 11) is 0. The van der Waals surface area contributed by atoms with E-state index in [1.54, 1.807) is 0 Å². The molecule has 0 N–H and O–H groups in total. The number of alkyl halides is 1. The normalized spacial score (nSPS) is 8.25. The van der Waals surface area contributed by atoms with Gasteiger partial charge in [-0.3, -0.25) is 0 Å². The minimum absolute atomic E-state index is 0. The van der Waals surface area contributed by atoms with Crippen molar-refractivity contribution < 1.29 is 0 Å². The molecule has 0 radical (unpaired) electrons. The zero-order chi connectivity index (χ0) is 5.54. The molecule has 8 heavy (non-hydrogen) atoms. The first kappa shape index (κ1) is 11.8. The van der Waals surface area contributed by atoms with E-state index in [0.717, 1.165) is 5.88 Å². The molecule has 0 aromatic carbocycles. The molecule has 0 heterocycles. The fraction of sp³-hybridized carbons (Fsp3) is 1.00. The first-order chi connectivity index (χ1) is 3.41. The van der Waals surface area contributed by atoms with E-state index in [2.05, 4.69) is 6.92 Å². The van der Waals surface area contributed by atoms with Crippen molar-refractivity contribution in [1.29, 1.82) is 0 Å². The molecule has 0 bridgehead atoms. The van der Waals surface area contributed by atoms with Gasteiger partial charge in [-0.25, -0.2) is 0 Å². The molecule has 0 fully saturated rings. The Bertz CT molecular complexity index is 27.7. The molecular weight excluding hydrogens is 132 g/mol. The Morgan fingerprint density at radius 3 is 2.12 bits per heavy atom. The van der Waals surface area contributed by atoms with E-state index in [1.807, 2.05) is 0 Å². The van der Waals surface area contributed by atoms with Gasteiger partial charge >= 0.3 is 23.1 Å². The van der Waals surface area contributed by atoms with E-state index < -0.39 is 0 Å². The second-order valence-electron chi connectivity index (χ2n) is 1.75. The van der Waals surface area contributed by atoms with Crippen LogP contribution in [0, 0.1) is 0 Å². The van der Waals surface area contributed by atoms with Crippen molar-refractivity contribution in [3.63, 3.8) is 0 Å². The number of hydrogen-bond donors (Lipinski definition) is 0. The smallest absolute Gasteiger partial charge is 0.127 e. The Morgan fingerprint density at radius 1 is 1.12 bits per heavy atom. The monoisotopic (exact) mass is 144 g/mol. The molecule has 0 aliphatic carbocycles.